The van der Waals surface area contributed by atoms with Gasteiger partial charge >= 0.3 is 0 Å². The van der Waals surface area contributed by atoms with Crippen LogP contribution >= 0.6 is 0 Å². The number of aliphatic hydroxyl groups excluding tert-OH is 1. The highest BCUT2D eigenvalue weighted by Crippen LogP contribution is 2.32. The summed E-state index contributed by atoms with van der Waals surface area (Å²) in [5.41, 5.74) is -0.711. The first kappa shape index (κ1) is 15.9. The Bertz CT molecular complexity index is 506. The van der Waals surface area contributed by atoms with Gasteiger partial charge in [0, 0.05) is 5.41 Å². The van der Waals surface area contributed by atoms with Gasteiger partial charge in [0.05, 0.1) is 12.1 Å². The number of carbonyl (C=O) groups excluding carboxylic acids is 1. The normalized spacial score (nSPS) is 26.6. The molecule has 0 bridgehead atoms. The van der Waals surface area contributed by atoms with Crippen molar-refractivity contribution in [2.75, 3.05) is 6.61 Å². The third kappa shape index (κ3) is 3.61. The monoisotopic (exact) mass is 294 g/mol. The average molecular weight is 294 g/mol. The van der Waals surface area contributed by atoms with Crippen molar-refractivity contribution in [3.05, 3.63) is 11.6 Å². The molecule has 6 nitrogen and oxygen atoms in total. The first-order valence-electron chi connectivity index (χ1n) is 7.62. The van der Waals surface area contributed by atoms with Crippen LogP contribution in [0.15, 0.2) is 0 Å². The summed E-state index contributed by atoms with van der Waals surface area (Å²) in [6.07, 6.45) is 3.76. The minimum absolute atomic E-state index is 0.0420. The van der Waals surface area contributed by atoms with Gasteiger partial charge in [-0.05, 0) is 18.8 Å². The number of amides is 1. The predicted molar refractivity (Wildman–Crippen MR) is 80.0 cm³/mol. The molecule has 0 spiro atoms. The molecule has 3 N–H and O–H groups in total. The molecule has 0 aliphatic heterocycles. The number of aromatic amines is 1. The van der Waals surface area contributed by atoms with E-state index in [9.17, 15) is 9.90 Å². The Morgan fingerprint density at radius 3 is 2.76 bits per heavy atom. The van der Waals surface area contributed by atoms with Crippen LogP contribution < -0.4 is 5.32 Å². The highest BCUT2D eigenvalue weighted by Gasteiger charge is 2.36. The maximum Gasteiger partial charge on any atom is 0.291 e. The van der Waals surface area contributed by atoms with Crippen LogP contribution in [0.3, 0.4) is 0 Å². The summed E-state index contributed by atoms with van der Waals surface area (Å²) < 4.78 is 0. The Hall–Kier alpha value is -1.43. The summed E-state index contributed by atoms with van der Waals surface area (Å²) >= 11 is 0. The molecule has 1 aliphatic rings. The van der Waals surface area contributed by atoms with Crippen molar-refractivity contribution >= 4 is 5.91 Å². The van der Waals surface area contributed by atoms with Crippen LogP contribution in [0, 0.1) is 5.92 Å². The molecule has 0 radical (unpaired) electrons. The number of carbonyl (C=O) groups is 1. The zero-order chi connectivity index (χ0) is 15.7. The van der Waals surface area contributed by atoms with Crippen molar-refractivity contribution in [2.45, 2.75) is 64.3 Å². The van der Waals surface area contributed by atoms with Gasteiger partial charge in [-0.1, -0.05) is 40.5 Å². The molecule has 2 rings (SSSR count). The van der Waals surface area contributed by atoms with Crippen LogP contribution in [0.4, 0.5) is 0 Å². The fourth-order valence-corrected chi connectivity index (χ4v) is 2.95. The Kier molecular flexibility index (Phi) is 4.37. The fraction of sp³-hybridized carbons (Fsp3) is 0.800. The quantitative estimate of drug-likeness (QED) is 0.792. The van der Waals surface area contributed by atoms with Crippen molar-refractivity contribution in [2.24, 2.45) is 5.92 Å². The summed E-state index contributed by atoms with van der Waals surface area (Å²) in [7, 11) is 0. The third-order valence-corrected chi connectivity index (χ3v) is 4.17. The summed E-state index contributed by atoms with van der Waals surface area (Å²) in [4.78, 5) is 16.6. The van der Waals surface area contributed by atoms with Crippen LogP contribution in [0.5, 0.6) is 0 Å². The zero-order valence-corrected chi connectivity index (χ0v) is 13.4. The highest BCUT2D eigenvalue weighted by molar-refractivity contribution is 5.91. The van der Waals surface area contributed by atoms with E-state index in [2.05, 4.69) is 27.4 Å². The Labute approximate surface area is 125 Å². The van der Waals surface area contributed by atoms with Gasteiger partial charge in [0.25, 0.3) is 5.91 Å². The van der Waals surface area contributed by atoms with Crippen LogP contribution in [0.2, 0.25) is 0 Å². The summed E-state index contributed by atoms with van der Waals surface area (Å²) in [5, 5.41) is 19.5. The standard InChI is InChI=1S/C15H26N4O2/c1-10-6-5-7-15(8-10,9-20)17-12(21)11-16-13(19-18-11)14(2,3)4/h10,20H,5-9H2,1-4H3,(H,17,21)(H,16,18,19). The van der Waals surface area contributed by atoms with Crippen molar-refractivity contribution in [1.82, 2.24) is 20.5 Å². The molecule has 6 heteroatoms. The molecule has 1 aliphatic carbocycles. The lowest BCUT2D eigenvalue weighted by molar-refractivity contribution is 0.0688. The predicted octanol–water partition coefficient (Wildman–Crippen LogP) is 1.77. The van der Waals surface area contributed by atoms with Gasteiger partial charge in [-0.3, -0.25) is 9.89 Å². The fourth-order valence-electron chi connectivity index (χ4n) is 2.95. The van der Waals surface area contributed by atoms with Crippen LogP contribution in [-0.4, -0.2) is 38.3 Å². The minimum atomic E-state index is -0.530. The maximum absolute atomic E-state index is 12.4. The molecule has 1 saturated carbocycles. The topological polar surface area (TPSA) is 90.9 Å². The van der Waals surface area contributed by atoms with E-state index in [-0.39, 0.29) is 23.8 Å². The second-order valence-corrected chi connectivity index (χ2v) is 7.35. The van der Waals surface area contributed by atoms with E-state index in [0.29, 0.717) is 11.7 Å². The van der Waals surface area contributed by atoms with E-state index in [1.165, 1.54) is 0 Å². The molecule has 1 aromatic rings. The maximum atomic E-state index is 12.4. The smallest absolute Gasteiger partial charge is 0.291 e. The number of hydrogen-bond donors (Lipinski definition) is 3. The van der Waals surface area contributed by atoms with Crippen molar-refractivity contribution in [3.8, 4) is 0 Å². The lowest BCUT2D eigenvalue weighted by atomic mass is 9.77. The molecule has 1 aromatic heterocycles. The Morgan fingerprint density at radius 1 is 1.52 bits per heavy atom. The van der Waals surface area contributed by atoms with Gasteiger partial charge < -0.3 is 10.4 Å². The molecular weight excluding hydrogens is 268 g/mol. The summed E-state index contributed by atoms with van der Waals surface area (Å²) in [5.74, 6) is 1.02. The van der Waals surface area contributed by atoms with Gasteiger partial charge in [-0.25, -0.2) is 4.98 Å². The van der Waals surface area contributed by atoms with Gasteiger partial charge in [0.2, 0.25) is 5.82 Å². The molecule has 1 heterocycles. The van der Waals surface area contributed by atoms with Crippen molar-refractivity contribution in [3.63, 3.8) is 0 Å². The number of aliphatic hydroxyl groups is 1. The van der Waals surface area contributed by atoms with E-state index < -0.39 is 5.54 Å². The number of nitrogens with zero attached hydrogens (tertiary/aromatic N) is 2. The van der Waals surface area contributed by atoms with Gasteiger partial charge in [0.15, 0.2) is 0 Å². The molecule has 2 atom stereocenters. The lowest BCUT2D eigenvalue weighted by Crippen LogP contribution is -2.54. The molecular formula is C15H26N4O2. The van der Waals surface area contributed by atoms with E-state index in [1.807, 2.05) is 20.8 Å². The third-order valence-electron chi connectivity index (χ3n) is 4.17. The molecule has 21 heavy (non-hydrogen) atoms. The Morgan fingerprint density at radius 2 is 2.24 bits per heavy atom. The number of nitrogens with one attached hydrogen (secondary N) is 2. The number of H-pyrrole nitrogens is 1. The van der Waals surface area contributed by atoms with E-state index in [1.54, 1.807) is 0 Å². The largest absolute Gasteiger partial charge is 0.394 e. The van der Waals surface area contributed by atoms with Crippen molar-refractivity contribution < 1.29 is 9.90 Å². The molecule has 0 saturated heterocycles. The molecule has 0 aromatic carbocycles. The highest BCUT2D eigenvalue weighted by atomic mass is 16.3. The average Bonchev–Trinajstić information content (AvgIpc) is 2.88. The number of aromatic nitrogens is 3. The second-order valence-electron chi connectivity index (χ2n) is 7.35. The first-order valence-corrected chi connectivity index (χ1v) is 7.62. The van der Waals surface area contributed by atoms with Crippen LogP contribution in [0.1, 0.15) is 69.8 Å². The van der Waals surface area contributed by atoms with Gasteiger partial charge in [-0.15, -0.1) is 5.10 Å². The second kappa shape index (κ2) is 5.75. The van der Waals surface area contributed by atoms with E-state index in [4.69, 9.17) is 0 Å². The number of rotatable bonds is 3. The van der Waals surface area contributed by atoms with E-state index >= 15 is 0 Å². The first-order chi connectivity index (χ1) is 9.76. The summed E-state index contributed by atoms with van der Waals surface area (Å²) in [6, 6.07) is 0. The van der Waals surface area contributed by atoms with Crippen LogP contribution in [0.25, 0.3) is 0 Å². The van der Waals surface area contributed by atoms with Crippen LogP contribution in [-0.2, 0) is 5.41 Å². The SMILES string of the molecule is CC1CCCC(CO)(NC(=O)c2n[nH]c(C(C)(C)C)n2)C1. The zero-order valence-electron chi connectivity index (χ0n) is 13.4. The van der Waals surface area contributed by atoms with Crippen molar-refractivity contribution in [1.29, 1.82) is 0 Å². The lowest BCUT2D eigenvalue weighted by Gasteiger charge is -2.39. The molecule has 1 amide bonds. The van der Waals surface area contributed by atoms with E-state index in [0.717, 1.165) is 25.7 Å². The molecule has 1 fully saturated rings. The Balaban J connectivity index is 2.11. The molecule has 2 unspecified atom stereocenters. The minimum Gasteiger partial charge on any atom is -0.394 e. The van der Waals surface area contributed by atoms with Gasteiger partial charge in [-0.2, -0.15) is 0 Å². The summed E-state index contributed by atoms with van der Waals surface area (Å²) in [6.45, 7) is 8.13. The van der Waals surface area contributed by atoms with Gasteiger partial charge in [0.1, 0.15) is 5.82 Å². The molecule has 118 valence electrons. The number of hydrogen-bond acceptors (Lipinski definition) is 4.